The van der Waals surface area contributed by atoms with Gasteiger partial charge >= 0.3 is 6.03 Å². The number of amides is 3. The molecule has 0 aromatic heterocycles. The molecule has 0 saturated carbocycles. The van der Waals surface area contributed by atoms with E-state index in [1.807, 2.05) is 6.92 Å². The van der Waals surface area contributed by atoms with Crippen molar-refractivity contribution in [2.24, 2.45) is 0 Å². The summed E-state index contributed by atoms with van der Waals surface area (Å²) in [6.07, 6.45) is 0.463. The second-order valence-electron chi connectivity index (χ2n) is 6.70. The first-order valence-corrected chi connectivity index (χ1v) is 10.8. The summed E-state index contributed by atoms with van der Waals surface area (Å²) in [5.41, 5.74) is 0.595. The summed E-state index contributed by atoms with van der Waals surface area (Å²) in [5, 5.41) is 2.78. The minimum absolute atomic E-state index is 0.0883. The van der Waals surface area contributed by atoms with Crippen LogP contribution in [0.2, 0.25) is 0 Å². The van der Waals surface area contributed by atoms with Gasteiger partial charge in [0.15, 0.2) is 9.84 Å². The number of ether oxygens (including phenoxy) is 1. The Balaban J connectivity index is 1.71. The van der Waals surface area contributed by atoms with Gasteiger partial charge in [0.1, 0.15) is 6.04 Å². The van der Waals surface area contributed by atoms with Crippen molar-refractivity contribution >= 4 is 21.8 Å². The molecule has 3 amide bonds. The second kappa shape index (κ2) is 8.26. The molecule has 148 valence electrons. The minimum Gasteiger partial charge on any atom is -0.378 e. The average Bonchev–Trinajstić information content (AvgIpc) is 2.82. The molecule has 27 heavy (non-hydrogen) atoms. The number of morpholine rings is 1. The number of nitrogens with zero attached hydrogens (tertiary/aromatic N) is 2. The molecule has 0 spiro atoms. The van der Waals surface area contributed by atoms with Crippen molar-refractivity contribution in [3.05, 3.63) is 29.8 Å². The SMILES string of the molecule is CCC(NC(=O)N1CCS(=O)(=O)c2ccccc2C1)C(=O)N1CCOCC1. The van der Waals surface area contributed by atoms with Crippen LogP contribution in [0.3, 0.4) is 0 Å². The van der Waals surface area contributed by atoms with E-state index in [4.69, 9.17) is 4.74 Å². The van der Waals surface area contributed by atoms with Crippen molar-refractivity contribution in [3.63, 3.8) is 0 Å². The lowest BCUT2D eigenvalue weighted by Crippen LogP contribution is -2.54. The van der Waals surface area contributed by atoms with Gasteiger partial charge in [0.05, 0.1) is 23.9 Å². The third kappa shape index (κ3) is 4.41. The molecule has 2 aliphatic rings. The number of rotatable bonds is 3. The molecule has 0 radical (unpaired) electrons. The number of benzene rings is 1. The third-order valence-corrected chi connectivity index (χ3v) is 6.70. The summed E-state index contributed by atoms with van der Waals surface area (Å²) in [7, 11) is -3.42. The van der Waals surface area contributed by atoms with Crippen LogP contribution >= 0.6 is 0 Å². The highest BCUT2D eigenvalue weighted by molar-refractivity contribution is 7.91. The molecule has 1 atom stereocenters. The van der Waals surface area contributed by atoms with Crippen LogP contribution in [-0.4, -0.2) is 74.8 Å². The predicted molar refractivity (Wildman–Crippen MR) is 98.9 cm³/mol. The zero-order valence-electron chi connectivity index (χ0n) is 15.4. The number of sulfone groups is 1. The maximum absolute atomic E-state index is 12.8. The maximum Gasteiger partial charge on any atom is 0.318 e. The van der Waals surface area contributed by atoms with Gasteiger partial charge in [0, 0.05) is 26.2 Å². The number of hydrogen-bond acceptors (Lipinski definition) is 5. The fourth-order valence-corrected chi connectivity index (χ4v) is 4.82. The first-order valence-electron chi connectivity index (χ1n) is 9.15. The van der Waals surface area contributed by atoms with Crippen molar-refractivity contribution < 1.29 is 22.7 Å². The van der Waals surface area contributed by atoms with Crippen LogP contribution in [0, 0.1) is 0 Å². The highest BCUT2D eigenvalue weighted by Gasteiger charge is 2.30. The van der Waals surface area contributed by atoms with Crippen LogP contribution < -0.4 is 5.32 Å². The molecule has 8 nitrogen and oxygen atoms in total. The molecular weight excluding hydrogens is 370 g/mol. The van der Waals surface area contributed by atoms with Gasteiger partial charge in [-0.1, -0.05) is 25.1 Å². The Morgan fingerprint density at radius 1 is 1.15 bits per heavy atom. The van der Waals surface area contributed by atoms with Crippen molar-refractivity contribution in [3.8, 4) is 0 Å². The summed E-state index contributed by atoms with van der Waals surface area (Å²) in [4.78, 5) is 28.8. The van der Waals surface area contributed by atoms with Crippen LogP contribution in [-0.2, 0) is 25.9 Å². The third-order valence-electron chi connectivity index (χ3n) is 4.91. The highest BCUT2D eigenvalue weighted by atomic mass is 32.2. The van der Waals surface area contributed by atoms with E-state index in [-0.39, 0.29) is 29.6 Å². The Labute approximate surface area is 159 Å². The number of urea groups is 1. The summed E-state index contributed by atoms with van der Waals surface area (Å²) in [6.45, 7) is 4.15. The van der Waals surface area contributed by atoms with Crippen LogP contribution in [0.15, 0.2) is 29.2 Å². The molecule has 1 aromatic rings. The molecule has 0 bridgehead atoms. The van der Waals surface area contributed by atoms with Gasteiger partial charge in [-0.05, 0) is 18.1 Å². The molecule has 1 unspecified atom stereocenters. The average molecular weight is 395 g/mol. The number of hydrogen-bond donors (Lipinski definition) is 1. The molecule has 2 aliphatic heterocycles. The van der Waals surface area contributed by atoms with Crippen molar-refractivity contribution in [1.82, 2.24) is 15.1 Å². The topological polar surface area (TPSA) is 96.0 Å². The van der Waals surface area contributed by atoms with Gasteiger partial charge < -0.3 is 19.9 Å². The molecule has 1 aromatic carbocycles. The first-order chi connectivity index (χ1) is 12.9. The molecule has 1 N–H and O–H groups in total. The van der Waals surface area contributed by atoms with Crippen LogP contribution in [0.25, 0.3) is 0 Å². The van der Waals surface area contributed by atoms with Gasteiger partial charge in [-0.25, -0.2) is 13.2 Å². The molecule has 1 fully saturated rings. The maximum atomic E-state index is 12.8. The number of carbonyl (C=O) groups is 2. The van der Waals surface area contributed by atoms with E-state index in [2.05, 4.69) is 5.32 Å². The monoisotopic (exact) mass is 395 g/mol. The lowest BCUT2D eigenvalue weighted by molar-refractivity contribution is -0.137. The van der Waals surface area contributed by atoms with Crippen molar-refractivity contribution in [2.45, 2.75) is 30.8 Å². The van der Waals surface area contributed by atoms with Gasteiger partial charge in [-0.3, -0.25) is 4.79 Å². The zero-order chi connectivity index (χ0) is 19.4. The van der Waals surface area contributed by atoms with Gasteiger partial charge in [0.2, 0.25) is 5.91 Å². The molecule has 1 saturated heterocycles. The van der Waals surface area contributed by atoms with Gasteiger partial charge in [0.25, 0.3) is 0 Å². The molecule has 3 rings (SSSR count). The van der Waals surface area contributed by atoms with E-state index < -0.39 is 21.9 Å². The standard InChI is InChI=1S/C18H25N3O5S/c1-2-15(17(22)20-7-10-26-11-8-20)19-18(23)21-9-12-27(24,25)16-6-4-3-5-14(16)13-21/h3-6,15H,2,7-13H2,1H3,(H,19,23). The zero-order valence-corrected chi connectivity index (χ0v) is 16.2. The fourth-order valence-electron chi connectivity index (χ4n) is 3.32. The van der Waals surface area contributed by atoms with Crippen LogP contribution in [0.5, 0.6) is 0 Å². The van der Waals surface area contributed by atoms with Gasteiger partial charge in [-0.15, -0.1) is 0 Å². The summed E-state index contributed by atoms with van der Waals surface area (Å²) < 4.78 is 30.1. The summed E-state index contributed by atoms with van der Waals surface area (Å²) >= 11 is 0. The molecule has 2 heterocycles. The number of nitrogens with one attached hydrogen (secondary N) is 1. The lowest BCUT2D eigenvalue weighted by Gasteiger charge is -2.31. The largest absolute Gasteiger partial charge is 0.378 e. The fraction of sp³-hybridized carbons (Fsp3) is 0.556. The van der Waals surface area contributed by atoms with Crippen LogP contribution in [0.4, 0.5) is 4.79 Å². The van der Waals surface area contributed by atoms with E-state index in [0.29, 0.717) is 38.3 Å². The van der Waals surface area contributed by atoms with Gasteiger partial charge in [-0.2, -0.15) is 0 Å². The smallest absolute Gasteiger partial charge is 0.318 e. The van der Waals surface area contributed by atoms with Crippen molar-refractivity contribution in [2.75, 3.05) is 38.6 Å². The van der Waals surface area contributed by atoms with E-state index in [1.54, 1.807) is 29.2 Å². The Morgan fingerprint density at radius 3 is 2.56 bits per heavy atom. The molecular formula is C18H25N3O5S. The molecule has 9 heteroatoms. The predicted octanol–water partition coefficient (Wildman–Crippen LogP) is 0.623. The van der Waals surface area contributed by atoms with Crippen LogP contribution in [0.1, 0.15) is 18.9 Å². The Kier molecular flexibility index (Phi) is 6.01. The highest BCUT2D eigenvalue weighted by Crippen LogP contribution is 2.22. The number of fused-ring (bicyclic) bond motifs is 1. The van der Waals surface area contributed by atoms with Crippen molar-refractivity contribution in [1.29, 1.82) is 0 Å². The Morgan fingerprint density at radius 2 is 1.85 bits per heavy atom. The Hall–Kier alpha value is -2.13. The Bertz CT molecular complexity index is 805. The summed E-state index contributed by atoms with van der Waals surface area (Å²) in [6, 6.07) is 5.67. The first kappa shape index (κ1) is 19.6. The van der Waals surface area contributed by atoms with E-state index >= 15 is 0 Å². The second-order valence-corrected chi connectivity index (χ2v) is 8.77. The van der Waals surface area contributed by atoms with E-state index in [0.717, 1.165) is 0 Å². The lowest BCUT2D eigenvalue weighted by atomic mass is 10.2. The van der Waals surface area contributed by atoms with E-state index in [9.17, 15) is 18.0 Å². The van der Waals surface area contributed by atoms with E-state index in [1.165, 1.54) is 4.90 Å². The number of carbonyl (C=O) groups excluding carboxylic acids is 2. The minimum atomic E-state index is -3.42. The molecule has 0 aliphatic carbocycles. The quantitative estimate of drug-likeness (QED) is 0.810. The summed E-state index contributed by atoms with van der Waals surface area (Å²) in [5.74, 6) is -0.261. The normalized spacial score (nSPS) is 20.3.